The molecule has 0 aliphatic rings. The van der Waals surface area contributed by atoms with Crippen LogP contribution in [0.1, 0.15) is 21.8 Å². The number of hydrogen-bond acceptors (Lipinski definition) is 4. The summed E-state index contributed by atoms with van der Waals surface area (Å²) < 4.78 is 0. The van der Waals surface area contributed by atoms with Crippen LogP contribution < -0.4 is 0 Å². The third-order valence-electron chi connectivity index (χ3n) is 2.91. The van der Waals surface area contributed by atoms with Crippen LogP contribution in [0, 0.1) is 18.3 Å². The minimum absolute atomic E-state index is 0.0787. The number of benzene rings is 1. The molecule has 2 rings (SSSR count). The smallest absolute Gasteiger partial charge is 0.246 e. The standard InChI is InChI=1S/C16H15N3OS/c1-12-18-15(11-21-12)7-8-16(20)19(2)10-14-5-3-13(9-17)4-6-14/h3-8,11H,10H2,1-2H3/b8-7+. The van der Waals surface area contributed by atoms with Crippen molar-refractivity contribution in [2.75, 3.05) is 7.05 Å². The van der Waals surface area contributed by atoms with Crippen LogP contribution in [-0.4, -0.2) is 22.8 Å². The molecule has 5 heteroatoms. The van der Waals surface area contributed by atoms with Gasteiger partial charge in [0, 0.05) is 25.0 Å². The molecule has 21 heavy (non-hydrogen) atoms. The zero-order valence-electron chi connectivity index (χ0n) is 11.9. The zero-order chi connectivity index (χ0) is 15.2. The van der Waals surface area contributed by atoms with Crippen LogP contribution in [0.25, 0.3) is 6.08 Å². The first-order chi connectivity index (χ1) is 10.1. The summed E-state index contributed by atoms with van der Waals surface area (Å²) in [5.74, 6) is -0.0787. The normalized spacial score (nSPS) is 10.5. The Bertz CT molecular complexity index is 695. The molecule has 0 saturated heterocycles. The van der Waals surface area contributed by atoms with Crippen LogP contribution in [-0.2, 0) is 11.3 Å². The lowest BCUT2D eigenvalue weighted by Crippen LogP contribution is -2.24. The first kappa shape index (κ1) is 14.9. The van der Waals surface area contributed by atoms with Crippen LogP contribution in [0.5, 0.6) is 0 Å². The number of aryl methyl sites for hydroxylation is 1. The molecule has 0 aliphatic heterocycles. The van der Waals surface area contributed by atoms with Gasteiger partial charge in [-0.05, 0) is 30.7 Å². The molecule has 0 aliphatic carbocycles. The summed E-state index contributed by atoms with van der Waals surface area (Å²) in [6, 6.07) is 9.29. The topological polar surface area (TPSA) is 57.0 Å². The van der Waals surface area contributed by atoms with E-state index in [0.717, 1.165) is 16.3 Å². The molecule has 1 aromatic heterocycles. The van der Waals surface area contributed by atoms with Crippen LogP contribution in [0.15, 0.2) is 35.7 Å². The molecule has 0 bridgehead atoms. The van der Waals surface area contributed by atoms with E-state index >= 15 is 0 Å². The molecule has 0 radical (unpaired) electrons. The molecule has 1 amide bonds. The third kappa shape index (κ3) is 4.26. The molecule has 4 nitrogen and oxygen atoms in total. The molecule has 0 N–H and O–H groups in total. The van der Waals surface area contributed by atoms with Gasteiger partial charge in [0.1, 0.15) is 0 Å². The Balaban J connectivity index is 1.95. The van der Waals surface area contributed by atoms with Crippen LogP contribution in [0.3, 0.4) is 0 Å². The predicted molar refractivity (Wildman–Crippen MR) is 83.5 cm³/mol. The zero-order valence-corrected chi connectivity index (χ0v) is 12.7. The monoisotopic (exact) mass is 297 g/mol. The van der Waals surface area contributed by atoms with Gasteiger partial charge in [-0.3, -0.25) is 4.79 Å². The molecule has 0 saturated carbocycles. The summed E-state index contributed by atoms with van der Waals surface area (Å²) in [4.78, 5) is 17.9. The molecule has 2 aromatic rings. The Labute approximate surface area is 128 Å². The molecular formula is C16H15N3OS. The Kier molecular flexibility index (Phi) is 4.85. The van der Waals surface area contributed by atoms with Crippen LogP contribution in [0.4, 0.5) is 0 Å². The second-order valence-corrected chi connectivity index (χ2v) is 5.69. The van der Waals surface area contributed by atoms with Gasteiger partial charge >= 0.3 is 0 Å². The van der Waals surface area contributed by atoms with E-state index in [1.165, 1.54) is 6.08 Å². The molecule has 0 spiro atoms. The fraction of sp³-hybridized carbons (Fsp3) is 0.188. The fourth-order valence-electron chi connectivity index (χ4n) is 1.78. The second-order valence-electron chi connectivity index (χ2n) is 4.63. The lowest BCUT2D eigenvalue weighted by molar-refractivity contribution is -0.125. The van der Waals surface area contributed by atoms with Crippen LogP contribution >= 0.6 is 11.3 Å². The first-order valence-corrected chi connectivity index (χ1v) is 7.31. The summed E-state index contributed by atoms with van der Waals surface area (Å²) in [5.41, 5.74) is 2.41. The van der Waals surface area contributed by atoms with Gasteiger partial charge in [-0.15, -0.1) is 11.3 Å². The van der Waals surface area contributed by atoms with Crippen LogP contribution in [0.2, 0.25) is 0 Å². The van der Waals surface area contributed by atoms with Gasteiger partial charge in [-0.2, -0.15) is 5.26 Å². The molecule has 0 unspecified atom stereocenters. The Morgan fingerprint density at radius 3 is 2.71 bits per heavy atom. The van der Waals surface area contributed by atoms with Crippen molar-refractivity contribution in [2.45, 2.75) is 13.5 Å². The average Bonchev–Trinajstić information content (AvgIpc) is 2.91. The van der Waals surface area contributed by atoms with Crippen molar-refractivity contribution in [3.05, 3.63) is 57.6 Å². The summed E-state index contributed by atoms with van der Waals surface area (Å²) in [5, 5.41) is 11.6. The van der Waals surface area contributed by atoms with Crippen molar-refractivity contribution in [1.29, 1.82) is 5.26 Å². The van der Waals surface area contributed by atoms with Crippen molar-refractivity contribution in [3.8, 4) is 6.07 Å². The highest BCUT2D eigenvalue weighted by molar-refractivity contribution is 7.09. The van der Waals surface area contributed by atoms with Gasteiger partial charge < -0.3 is 4.90 Å². The summed E-state index contributed by atoms with van der Waals surface area (Å²) in [6.07, 6.45) is 3.25. The number of carbonyl (C=O) groups excluding carboxylic acids is 1. The first-order valence-electron chi connectivity index (χ1n) is 6.43. The van der Waals surface area contributed by atoms with E-state index in [9.17, 15) is 4.79 Å². The lowest BCUT2D eigenvalue weighted by Gasteiger charge is -2.15. The van der Waals surface area contributed by atoms with Gasteiger partial charge in [0.15, 0.2) is 0 Å². The summed E-state index contributed by atoms with van der Waals surface area (Å²) in [6.45, 7) is 2.44. The van der Waals surface area contributed by atoms with Gasteiger partial charge in [-0.1, -0.05) is 12.1 Å². The van der Waals surface area contributed by atoms with E-state index < -0.39 is 0 Å². The van der Waals surface area contributed by atoms with Crippen molar-refractivity contribution < 1.29 is 4.79 Å². The lowest BCUT2D eigenvalue weighted by atomic mass is 10.1. The summed E-state index contributed by atoms with van der Waals surface area (Å²) in [7, 11) is 1.75. The third-order valence-corrected chi connectivity index (χ3v) is 3.70. The number of nitriles is 1. The van der Waals surface area contributed by atoms with Gasteiger partial charge in [-0.25, -0.2) is 4.98 Å². The van der Waals surface area contributed by atoms with Crippen molar-refractivity contribution in [2.24, 2.45) is 0 Å². The highest BCUT2D eigenvalue weighted by atomic mass is 32.1. The van der Waals surface area contributed by atoms with E-state index in [1.54, 1.807) is 41.5 Å². The van der Waals surface area contributed by atoms with Crippen molar-refractivity contribution >= 4 is 23.3 Å². The average molecular weight is 297 g/mol. The van der Waals surface area contributed by atoms with Gasteiger partial charge in [0.25, 0.3) is 0 Å². The SMILES string of the molecule is Cc1nc(/C=C/C(=O)N(C)Cc2ccc(C#N)cc2)cs1. The number of aromatic nitrogens is 1. The van der Waals surface area contributed by atoms with E-state index in [2.05, 4.69) is 11.1 Å². The minimum atomic E-state index is -0.0787. The number of likely N-dealkylation sites (N-methyl/N-ethyl adjacent to an activating group) is 1. The number of amides is 1. The second kappa shape index (κ2) is 6.82. The van der Waals surface area contributed by atoms with Gasteiger partial charge in [0.2, 0.25) is 5.91 Å². The van der Waals surface area contributed by atoms with Crippen molar-refractivity contribution in [3.63, 3.8) is 0 Å². The summed E-state index contributed by atoms with van der Waals surface area (Å²) >= 11 is 1.56. The molecular weight excluding hydrogens is 282 g/mol. The maximum atomic E-state index is 12.0. The highest BCUT2D eigenvalue weighted by Crippen LogP contribution is 2.10. The number of carbonyl (C=O) groups is 1. The highest BCUT2D eigenvalue weighted by Gasteiger charge is 2.06. The number of nitrogens with zero attached hydrogens (tertiary/aromatic N) is 3. The predicted octanol–water partition coefficient (Wildman–Crippen LogP) is 3.00. The maximum absolute atomic E-state index is 12.0. The Hall–Kier alpha value is -2.45. The fourth-order valence-corrected chi connectivity index (χ4v) is 2.36. The molecule has 106 valence electrons. The molecule has 0 fully saturated rings. The number of hydrogen-bond donors (Lipinski definition) is 0. The molecule has 1 aromatic carbocycles. The molecule has 1 heterocycles. The van der Waals surface area contributed by atoms with Crippen molar-refractivity contribution in [1.82, 2.24) is 9.88 Å². The van der Waals surface area contributed by atoms with E-state index in [1.807, 2.05) is 24.4 Å². The Morgan fingerprint density at radius 1 is 1.43 bits per heavy atom. The quantitative estimate of drug-likeness (QED) is 0.815. The number of rotatable bonds is 4. The largest absolute Gasteiger partial charge is 0.338 e. The van der Waals surface area contributed by atoms with E-state index in [-0.39, 0.29) is 5.91 Å². The molecule has 0 atom stereocenters. The van der Waals surface area contributed by atoms with E-state index in [4.69, 9.17) is 5.26 Å². The minimum Gasteiger partial charge on any atom is -0.338 e. The van der Waals surface area contributed by atoms with E-state index in [0.29, 0.717) is 12.1 Å². The maximum Gasteiger partial charge on any atom is 0.246 e. The number of thiazole rings is 1. The van der Waals surface area contributed by atoms with Gasteiger partial charge in [0.05, 0.1) is 22.3 Å². The Morgan fingerprint density at radius 2 is 2.14 bits per heavy atom.